The molecule has 176 valence electrons. The standard InChI is InChI=1S/C29H31NO4/c1-2-3-5-18-27(28(31)33-19-21-12-6-4-7-13-21)30-29(32)34-20-26-24-16-10-8-14-22(24)23-15-9-11-17-25(23)26/h4,6-17,26-27H,2-3,5,18-20H2,1H3,(H,30,32)/t27-/m1/s1. The number of benzene rings is 3. The molecule has 1 atom stereocenters. The molecule has 3 aromatic rings. The van der Waals surface area contributed by atoms with Crippen LogP contribution in [-0.2, 0) is 20.9 Å². The zero-order valence-electron chi connectivity index (χ0n) is 19.5. The Kier molecular flexibility index (Phi) is 7.97. The van der Waals surface area contributed by atoms with Crippen LogP contribution in [0.3, 0.4) is 0 Å². The average molecular weight is 458 g/mol. The maximum atomic E-state index is 12.7. The first kappa shape index (κ1) is 23.6. The zero-order chi connectivity index (χ0) is 23.8. The number of ether oxygens (including phenoxy) is 2. The normalized spacial score (nSPS) is 13.0. The van der Waals surface area contributed by atoms with Crippen LogP contribution in [0.15, 0.2) is 78.9 Å². The van der Waals surface area contributed by atoms with E-state index in [0.717, 1.165) is 36.0 Å². The summed E-state index contributed by atoms with van der Waals surface area (Å²) in [5, 5.41) is 2.75. The summed E-state index contributed by atoms with van der Waals surface area (Å²) >= 11 is 0. The van der Waals surface area contributed by atoms with E-state index in [2.05, 4.69) is 36.5 Å². The topological polar surface area (TPSA) is 64.6 Å². The van der Waals surface area contributed by atoms with Gasteiger partial charge in [-0.3, -0.25) is 0 Å². The Morgan fingerprint density at radius 3 is 2.09 bits per heavy atom. The molecule has 0 bridgehead atoms. The average Bonchev–Trinajstić information content (AvgIpc) is 3.20. The van der Waals surface area contributed by atoms with E-state index in [1.54, 1.807) is 0 Å². The summed E-state index contributed by atoms with van der Waals surface area (Å²) in [6, 6.07) is 25.2. The van der Waals surface area contributed by atoms with Gasteiger partial charge in [0.05, 0.1) is 0 Å². The lowest BCUT2D eigenvalue weighted by Gasteiger charge is -2.19. The number of alkyl carbamates (subject to hydrolysis) is 1. The van der Waals surface area contributed by atoms with Crippen molar-refractivity contribution in [3.05, 3.63) is 95.6 Å². The summed E-state index contributed by atoms with van der Waals surface area (Å²) < 4.78 is 11.1. The lowest BCUT2D eigenvalue weighted by atomic mass is 9.98. The predicted molar refractivity (Wildman–Crippen MR) is 132 cm³/mol. The largest absolute Gasteiger partial charge is 0.459 e. The van der Waals surface area contributed by atoms with Crippen LogP contribution in [0.1, 0.15) is 55.2 Å². The maximum absolute atomic E-state index is 12.7. The number of amides is 1. The predicted octanol–water partition coefficient (Wildman–Crippen LogP) is 6.22. The Hall–Kier alpha value is -3.60. The van der Waals surface area contributed by atoms with Crippen molar-refractivity contribution in [2.24, 2.45) is 0 Å². The number of unbranched alkanes of at least 4 members (excludes halogenated alkanes) is 2. The molecule has 34 heavy (non-hydrogen) atoms. The molecular formula is C29H31NO4. The molecule has 1 aliphatic carbocycles. The van der Waals surface area contributed by atoms with Crippen LogP contribution in [0.5, 0.6) is 0 Å². The summed E-state index contributed by atoms with van der Waals surface area (Å²) in [4.78, 5) is 25.4. The second-order valence-electron chi connectivity index (χ2n) is 8.61. The number of fused-ring (bicyclic) bond motifs is 3. The van der Waals surface area contributed by atoms with Gasteiger partial charge in [0.2, 0.25) is 0 Å². The van der Waals surface area contributed by atoms with Gasteiger partial charge in [-0.15, -0.1) is 0 Å². The van der Waals surface area contributed by atoms with Crippen LogP contribution in [0.2, 0.25) is 0 Å². The molecule has 0 saturated carbocycles. The highest BCUT2D eigenvalue weighted by Crippen LogP contribution is 2.44. The van der Waals surface area contributed by atoms with Crippen molar-refractivity contribution < 1.29 is 19.1 Å². The van der Waals surface area contributed by atoms with Crippen LogP contribution in [0, 0.1) is 0 Å². The number of rotatable bonds is 10. The smallest absolute Gasteiger partial charge is 0.407 e. The highest BCUT2D eigenvalue weighted by atomic mass is 16.6. The van der Waals surface area contributed by atoms with E-state index >= 15 is 0 Å². The van der Waals surface area contributed by atoms with Crippen LogP contribution in [-0.4, -0.2) is 24.7 Å². The molecule has 3 aromatic carbocycles. The van der Waals surface area contributed by atoms with Gasteiger partial charge in [0.15, 0.2) is 0 Å². The third-order valence-corrected chi connectivity index (χ3v) is 6.24. The summed E-state index contributed by atoms with van der Waals surface area (Å²) in [5.74, 6) is -0.463. The van der Waals surface area contributed by atoms with Crippen LogP contribution >= 0.6 is 0 Å². The number of hydrogen-bond acceptors (Lipinski definition) is 4. The third kappa shape index (κ3) is 5.66. The van der Waals surface area contributed by atoms with Gasteiger partial charge in [0, 0.05) is 5.92 Å². The van der Waals surface area contributed by atoms with E-state index in [-0.39, 0.29) is 19.1 Å². The molecule has 1 amide bonds. The number of nitrogens with one attached hydrogen (secondary N) is 1. The van der Waals surface area contributed by atoms with Crippen molar-refractivity contribution in [3.8, 4) is 11.1 Å². The van der Waals surface area contributed by atoms with Gasteiger partial charge in [0.1, 0.15) is 19.3 Å². The summed E-state index contributed by atoms with van der Waals surface area (Å²) in [7, 11) is 0. The van der Waals surface area contributed by atoms with Gasteiger partial charge in [0.25, 0.3) is 0 Å². The third-order valence-electron chi connectivity index (χ3n) is 6.24. The van der Waals surface area contributed by atoms with Crippen molar-refractivity contribution in [3.63, 3.8) is 0 Å². The zero-order valence-corrected chi connectivity index (χ0v) is 19.5. The Morgan fingerprint density at radius 1 is 0.824 bits per heavy atom. The van der Waals surface area contributed by atoms with Crippen molar-refractivity contribution in [1.82, 2.24) is 5.32 Å². The molecular weight excluding hydrogens is 426 g/mol. The molecule has 5 nitrogen and oxygen atoms in total. The van der Waals surface area contributed by atoms with E-state index in [1.165, 1.54) is 11.1 Å². The number of hydrogen-bond donors (Lipinski definition) is 1. The molecule has 0 saturated heterocycles. The van der Waals surface area contributed by atoms with Crippen LogP contribution in [0.4, 0.5) is 4.79 Å². The fraction of sp³-hybridized carbons (Fsp3) is 0.310. The minimum atomic E-state index is -0.731. The van der Waals surface area contributed by atoms with Crippen molar-refractivity contribution in [2.75, 3.05) is 6.61 Å². The van der Waals surface area contributed by atoms with Crippen LogP contribution in [0.25, 0.3) is 11.1 Å². The van der Waals surface area contributed by atoms with E-state index in [0.29, 0.717) is 6.42 Å². The minimum absolute atomic E-state index is 0.0262. The summed E-state index contributed by atoms with van der Waals surface area (Å²) in [6.45, 7) is 2.48. The second-order valence-corrected chi connectivity index (χ2v) is 8.61. The second kappa shape index (κ2) is 11.5. The number of carbonyl (C=O) groups is 2. The van der Waals surface area contributed by atoms with Gasteiger partial charge in [-0.05, 0) is 34.2 Å². The first-order chi connectivity index (χ1) is 16.7. The van der Waals surface area contributed by atoms with Gasteiger partial charge in [-0.2, -0.15) is 0 Å². The Bertz CT molecular complexity index is 1070. The monoisotopic (exact) mass is 457 g/mol. The molecule has 0 radical (unpaired) electrons. The fourth-order valence-electron chi connectivity index (χ4n) is 4.46. The Morgan fingerprint density at radius 2 is 1.44 bits per heavy atom. The van der Waals surface area contributed by atoms with Crippen LogP contribution < -0.4 is 5.32 Å². The first-order valence-corrected chi connectivity index (χ1v) is 12.0. The van der Waals surface area contributed by atoms with E-state index in [9.17, 15) is 9.59 Å². The molecule has 1 N–H and O–H groups in total. The first-order valence-electron chi connectivity index (χ1n) is 12.0. The lowest BCUT2D eigenvalue weighted by molar-refractivity contribution is -0.147. The molecule has 5 heteroatoms. The Labute approximate surface area is 201 Å². The molecule has 0 aliphatic heterocycles. The molecule has 0 heterocycles. The van der Waals surface area contributed by atoms with E-state index in [4.69, 9.17) is 9.47 Å². The maximum Gasteiger partial charge on any atom is 0.407 e. The van der Waals surface area contributed by atoms with Crippen molar-refractivity contribution in [1.29, 1.82) is 0 Å². The highest BCUT2D eigenvalue weighted by Gasteiger charge is 2.30. The molecule has 0 fully saturated rings. The van der Waals surface area contributed by atoms with Crippen molar-refractivity contribution in [2.45, 2.75) is 51.2 Å². The minimum Gasteiger partial charge on any atom is -0.459 e. The molecule has 0 spiro atoms. The Balaban J connectivity index is 1.37. The van der Waals surface area contributed by atoms with Crippen molar-refractivity contribution >= 4 is 12.1 Å². The molecule has 4 rings (SSSR count). The fourth-order valence-corrected chi connectivity index (χ4v) is 4.46. The van der Waals surface area contributed by atoms with Gasteiger partial charge >= 0.3 is 12.1 Å². The number of esters is 1. The molecule has 0 aromatic heterocycles. The van der Waals surface area contributed by atoms with E-state index < -0.39 is 18.1 Å². The van der Waals surface area contributed by atoms with Gasteiger partial charge in [-0.25, -0.2) is 9.59 Å². The summed E-state index contributed by atoms with van der Waals surface area (Å²) in [5.41, 5.74) is 5.56. The van der Waals surface area contributed by atoms with Gasteiger partial charge in [-0.1, -0.05) is 105 Å². The number of carbonyl (C=O) groups excluding carboxylic acids is 2. The van der Waals surface area contributed by atoms with Gasteiger partial charge < -0.3 is 14.8 Å². The molecule has 0 unspecified atom stereocenters. The SMILES string of the molecule is CCCCC[C@@H](NC(=O)OCC1c2ccccc2-c2ccccc21)C(=O)OCc1ccccc1. The lowest BCUT2D eigenvalue weighted by Crippen LogP contribution is -2.42. The quantitative estimate of drug-likeness (QED) is 0.290. The summed E-state index contributed by atoms with van der Waals surface area (Å²) in [6.07, 6.45) is 2.75. The molecule has 1 aliphatic rings. The highest BCUT2D eigenvalue weighted by molar-refractivity contribution is 5.82. The van der Waals surface area contributed by atoms with E-state index in [1.807, 2.05) is 54.6 Å².